The summed E-state index contributed by atoms with van der Waals surface area (Å²) in [7, 11) is 0. The first kappa shape index (κ1) is 26.7. The minimum absolute atomic E-state index is 0.0493. The predicted molar refractivity (Wildman–Crippen MR) is 147 cm³/mol. The van der Waals surface area contributed by atoms with Gasteiger partial charge < -0.3 is 9.47 Å². The predicted octanol–water partition coefficient (Wildman–Crippen LogP) is 6.64. The Balaban J connectivity index is 2.18. The number of ether oxygens (including phenoxy) is 2. The van der Waals surface area contributed by atoms with E-state index in [1.54, 1.807) is 12.3 Å². The van der Waals surface area contributed by atoms with Crippen LogP contribution in [0.15, 0.2) is 57.4 Å². The second-order valence-corrected chi connectivity index (χ2v) is 10.4. The van der Waals surface area contributed by atoms with Crippen molar-refractivity contribution >= 4 is 33.0 Å². The largest absolute Gasteiger partial charge is 0.490 e. The number of nitrogens with zero attached hydrogens (tertiary/aromatic N) is 3. The molecule has 0 unspecified atom stereocenters. The fourth-order valence-corrected chi connectivity index (χ4v) is 3.97. The summed E-state index contributed by atoms with van der Waals surface area (Å²) in [6, 6.07) is 9.40. The first-order valence-electron chi connectivity index (χ1n) is 11.9. The van der Waals surface area contributed by atoms with E-state index in [0.29, 0.717) is 35.5 Å². The Kier molecular flexibility index (Phi) is 8.54. The summed E-state index contributed by atoms with van der Waals surface area (Å²) in [6.45, 7) is 16.5. The van der Waals surface area contributed by atoms with Crippen molar-refractivity contribution in [2.75, 3.05) is 6.61 Å². The number of benzene rings is 2. The number of hydrogen-bond acceptors (Lipinski definition) is 5. The fraction of sp³-hybridized carbons (Fsp3) is 0.393. The van der Waals surface area contributed by atoms with E-state index in [9.17, 15) is 4.79 Å². The van der Waals surface area contributed by atoms with Crippen molar-refractivity contribution in [3.8, 4) is 11.5 Å². The Hall–Kier alpha value is -2.93. The number of fused-ring (bicyclic) bond motifs is 1. The van der Waals surface area contributed by atoms with Crippen LogP contribution >= 0.6 is 15.9 Å². The van der Waals surface area contributed by atoms with Gasteiger partial charge in [-0.1, -0.05) is 49.7 Å². The Labute approximate surface area is 215 Å². The first-order chi connectivity index (χ1) is 16.6. The molecule has 0 N–H and O–H groups in total. The molecule has 3 rings (SSSR count). The molecule has 0 spiro atoms. The first-order valence-corrected chi connectivity index (χ1v) is 12.7. The zero-order valence-electron chi connectivity index (χ0n) is 21.4. The topological polar surface area (TPSA) is 65.7 Å². The normalized spacial score (nSPS) is 12.8. The summed E-state index contributed by atoms with van der Waals surface area (Å²) in [4.78, 5) is 18.2. The van der Waals surface area contributed by atoms with Gasteiger partial charge in [-0.15, -0.1) is 6.58 Å². The maximum Gasteiger partial charge on any atom is 0.282 e. The monoisotopic (exact) mass is 539 g/mol. The van der Waals surface area contributed by atoms with Crippen LogP contribution in [0.25, 0.3) is 10.9 Å². The Morgan fingerprint density at radius 1 is 1.23 bits per heavy atom. The lowest BCUT2D eigenvalue weighted by atomic mass is 9.95. The van der Waals surface area contributed by atoms with E-state index >= 15 is 0 Å². The van der Waals surface area contributed by atoms with Gasteiger partial charge in [0, 0.05) is 15.5 Å². The molecule has 0 saturated heterocycles. The van der Waals surface area contributed by atoms with Crippen molar-refractivity contribution in [1.82, 2.24) is 9.66 Å². The third-order valence-corrected chi connectivity index (χ3v) is 6.01. The van der Waals surface area contributed by atoms with Crippen LogP contribution in [0.3, 0.4) is 0 Å². The van der Waals surface area contributed by atoms with Gasteiger partial charge in [0.15, 0.2) is 11.5 Å². The molecular weight excluding hydrogens is 506 g/mol. The standard InChI is InChI=1S/C28H34BrN3O3/c1-8-11-20-14-19(15-24(34-10-3)25(20)35-18(4)9-2)17-30-32-26(33)22-16-21(29)12-13-23(22)31-27(32)28(5,6)7/h8,12-18H,1,9-11H2,2-7H3/t18-/m1/s1. The van der Waals surface area contributed by atoms with Crippen LogP contribution in [0.5, 0.6) is 11.5 Å². The summed E-state index contributed by atoms with van der Waals surface area (Å²) in [5, 5.41) is 5.11. The van der Waals surface area contributed by atoms with Crippen molar-refractivity contribution in [2.24, 2.45) is 5.10 Å². The highest BCUT2D eigenvalue weighted by molar-refractivity contribution is 9.10. The zero-order valence-corrected chi connectivity index (χ0v) is 23.0. The maximum absolute atomic E-state index is 13.4. The summed E-state index contributed by atoms with van der Waals surface area (Å²) >= 11 is 3.45. The van der Waals surface area contributed by atoms with Gasteiger partial charge in [0.1, 0.15) is 5.82 Å². The third kappa shape index (κ3) is 6.20. The van der Waals surface area contributed by atoms with Gasteiger partial charge in [0.25, 0.3) is 5.56 Å². The second kappa shape index (κ2) is 11.2. The van der Waals surface area contributed by atoms with Crippen LogP contribution in [0.2, 0.25) is 0 Å². The summed E-state index contributed by atoms with van der Waals surface area (Å²) < 4.78 is 14.3. The lowest BCUT2D eigenvalue weighted by Crippen LogP contribution is -2.29. The molecule has 1 atom stereocenters. The number of rotatable bonds is 9. The average molecular weight is 541 g/mol. The molecule has 186 valence electrons. The number of halogens is 1. The summed E-state index contributed by atoms with van der Waals surface area (Å²) in [5.41, 5.74) is 1.79. The van der Waals surface area contributed by atoms with Gasteiger partial charge in [-0.3, -0.25) is 4.79 Å². The van der Waals surface area contributed by atoms with Crippen molar-refractivity contribution < 1.29 is 9.47 Å². The van der Waals surface area contributed by atoms with E-state index in [1.807, 2.05) is 65.0 Å². The molecule has 6 nitrogen and oxygen atoms in total. The quantitative estimate of drug-likeness (QED) is 0.225. The molecule has 1 heterocycles. The van der Waals surface area contributed by atoms with Crippen molar-refractivity contribution in [3.05, 3.63) is 74.8 Å². The SMILES string of the molecule is C=CCc1cc(C=Nn2c(C(C)(C)C)nc3ccc(Br)cc3c2=O)cc(OCC)c1O[C@H](C)CC. The molecule has 3 aromatic rings. The molecular formula is C28H34BrN3O3. The van der Waals surface area contributed by atoms with Gasteiger partial charge in [-0.05, 0) is 62.6 Å². The maximum atomic E-state index is 13.4. The molecule has 0 bridgehead atoms. The van der Waals surface area contributed by atoms with Crippen molar-refractivity contribution in [2.45, 2.75) is 65.9 Å². The molecule has 35 heavy (non-hydrogen) atoms. The van der Waals surface area contributed by atoms with Gasteiger partial charge in [-0.25, -0.2) is 4.98 Å². The Bertz CT molecular complexity index is 1310. The zero-order chi connectivity index (χ0) is 25.8. The van der Waals surface area contributed by atoms with Crippen LogP contribution in [0.1, 0.15) is 64.9 Å². The molecule has 2 aromatic carbocycles. The lowest BCUT2D eigenvalue weighted by Gasteiger charge is -2.21. The molecule has 0 aliphatic carbocycles. The minimum atomic E-state index is -0.393. The summed E-state index contributed by atoms with van der Waals surface area (Å²) in [5.74, 6) is 1.96. The Morgan fingerprint density at radius 2 is 1.97 bits per heavy atom. The minimum Gasteiger partial charge on any atom is -0.490 e. The number of aromatic nitrogens is 2. The van der Waals surface area contributed by atoms with Gasteiger partial charge >= 0.3 is 0 Å². The van der Waals surface area contributed by atoms with Crippen LogP contribution in [-0.4, -0.2) is 28.6 Å². The van der Waals surface area contributed by atoms with Crippen molar-refractivity contribution in [3.63, 3.8) is 0 Å². The fourth-order valence-electron chi connectivity index (χ4n) is 3.61. The highest BCUT2D eigenvalue weighted by Crippen LogP contribution is 2.35. The molecule has 7 heteroatoms. The van der Waals surface area contributed by atoms with Crippen LogP contribution in [0.4, 0.5) is 0 Å². The van der Waals surface area contributed by atoms with E-state index < -0.39 is 5.41 Å². The van der Waals surface area contributed by atoms with Gasteiger partial charge in [0.05, 0.1) is 29.8 Å². The highest BCUT2D eigenvalue weighted by atomic mass is 79.9. The average Bonchev–Trinajstić information content (AvgIpc) is 2.80. The number of allylic oxidation sites excluding steroid dienone is 1. The highest BCUT2D eigenvalue weighted by Gasteiger charge is 2.23. The smallest absolute Gasteiger partial charge is 0.282 e. The Morgan fingerprint density at radius 3 is 2.60 bits per heavy atom. The lowest BCUT2D eigenvalue weighted by molar-refractivity contribution is 0.201. The van der Waals surface area contributed by atoms with Crippen molar-refractivity contribution in [1.29, 1.82) is 0 Å². The van der Waals surface area contributed by atoms with Crippen LogP contribution in [-0.2, 0) is 11.8 Å². The molecule has 0 aliphatic heterocycles. The second-order valence-electron chi connectivity index (χ2n) is 9.48. The van der Waals surface area contributed by atoms with Gasteiger partial charge in [-0.2, -0.15) is 9.78 Å². The molecule has 0 saturated carbocycles. The third-order valence-electron chi connectivity index (χ3n) is 5.51. The summed E-state index contributed by atoms with van der Waals surface area (Å²) in [6.07, 6.45) is 5.05. The van der Waals surface area contributed by atoms with Gasteiger partial charge in [0.2, 0.25) is 0 Å². The van der Waals surface area contributed by atoms with Crippen LogP contribution < -0.4 is 15.0 Å². The van der Waals surface area contributed by atoms with E-state index in [2.05, 4.69) is 34.5 Å². The molecule has 0 aliphatic rings. The molecule has 1 aromatic heterocycles. The van der Waals surface area contributed by atoms with Crippen LogP contribution in [0, 0.1) is 0 Å². The van der Waals surface area contributed by atoms with E-state index in [4.69, 9.17) is 14.5 Å². The molecule has 0 amide bonds. The number of hydrogen-bond donors (Lipinski definition) is 0. The molecule has 0 radical (unpaired) electrons. The van der Waals surface area contributed by atoms with E-state index in [1.165, 1.54) is 4.68 Å². The van der Waals surface area contributed by atoms with E-state index in [-0.39, 0.29) is 11.7 Å². The molecule has 0 fully saturated rings. The van der Waals surface area contributed by atoms with E-state index in [0.717, 1.165) is 27.8 Å².